The molecule has 0 N–H and O–H groups in total. The molecule has 1 aromatic carbocycles. The number of carbonyl (C=O) groups is 1. The van der Waals surface area contributed by atoms with Crippen molar-refractivity contribution in [2.75, 3.05) is 0 Å². The molecule has 1 aliphatic carbocycles. The zero-order chi connectivity index (χ0) is 12.3. The fraction of sp³-hybridized carbons (Fsp3) is 0.533. The molecule has 1 saturated carbocycles. The summed E-state index contributed by atoms with van der Waals surface area (Å²) in [5.74, 6) is -0.176. The summed E-state index contributed by atoms with van der Waals surface area (Å²) in [7, 11) is 0. The lowest BCUT2D eigenvalue weighted by atomic mass is 10.0. The number of hydrogen-bond donors (Lipinski definition) is 0. The van der Waals surface area contributed by atoms with Crippen molar-refractivity contribution in [1.82, 2.24) is 0 Å². The lowest BCUT2D eigenvalue weighted by Crippen LogP contribution is -2.28. The summed E-state index contributed by atoms with van der Waals surface area (Å²) >= 11 is 0. The highest BCUT2D eigenvalue weighted by Gasteiger charge is 2.32. The van der Waals surface area contributed by atoms with E-state index in [9.17, 15) is 4.79 Å². The first kappa shape index (κ1) is 12.2. The number of ether oxygens (including phenoxy) is 1. The van der Waals surface area contributed by atoms with Crippen LogP contribution in [0.3, 0.4) is 0 Å². The molecule has 0 radical (unpaired) electrons. The molecule has 0 saturated heterocycles. The van der Waals surface area contributed by atoms with Gasteiger partial charge in [0.2, 0.25) is 0 Å². The van der Waals surface area contributed by atoms with Crippen LogP contribution in [-0.2, 0) is 11.2 Å². The van der Waals surface area contributed by atoms with Gasteiger partial charge in [-0.2, -0.15) is 0 Å². The highest BCUT2D eigenvalue weighted by molar-refractivity contribution is 5.89. The quantitative estimate of drug-likeness (QED) is 0.742. The average molecular weight is 232 g/mol. The lowest BCUT2D eigenvalue weighted by Gasteiger charge is -2.24. The Bertz CT molecular complexity index is 403. The van der Waals surface area contributed by atoms with Gasteiger partial charge in [-0.3, -0.25) is 0 Å². The van der Waals surface area contributed by atoms with Gasteiger partial charge in [-0.05, 0) is 56.7 Å². The minimum Gasteiger partial charge on any atom is -0.456 e. The number of aryl methyl sites for hydroxylation is 1. The SMILES string of the molecule is CCc1cccc(C(=O)OC2(C)CCCC2)c1. The molecule has 1 fully saturated rings. The van der Waals surface area contributed by atoms with E-state index in [2.05, 4.69) is 6.92 Å². The van der Waals surface area contributed by atoms with Crippen LogP contribution in [0.4, 0.5) is 0 Å². The molecule has 2 nitrogen and oxygen atoms in total. The van der Waals surface area contributed by atoms with Gasteiger partial charge in [0, 0.05) is 0 Å². The number of rotatable bonds is 3. The van der Waals surface area contributed by atoms with E-state index in [1.165, 1.54) is 18.4 Å². The van der Waals surface area contributed by atoms with Crippen molar-refractivity contribution in [2.45, 2.75) is 51.6 Å². The molecule has 2 heteroatoms. The van der Waals surface area contributed by atoms with E-state index in [4.69, 9.17) is 4.74 Å². The van der Waals surface area contributed by atoms with Crippen LogP contribution in [0.15, 0.2) is 24.3 Å². The summed E-state index contributed by atoms with van der Waals surface area (Å²) in [6.45, 7) is 4.13. The number of carbonyl (C=O) groups excluding carboxylic acids is 1. The van der Waals surface area contributed by atoms with E-state index in [-0.39, 0.29) is 11.6 Å². The van der Waals surface area contributed by atoms with Crippen molar-refractivity contribution >= 4 is 5.97 Å². The Hall–Kier alpha value is -1.31. The van der Waals surface area contributed by atoms with Crippen LogP contribution in [-0.4, -0.2) is 11.6 Å². The first-order valence-electron chi connectivity index (χ1n) is 6.45. The maximum atomic E-state index is 12.1. The normalized spacial score (nSPS) is 18.0. The van der Waals surface area contributed by atoms with Crippen LogP contribution >= 0.6 is 0 Å². The zero-order valence-electron chi connectivity index (χ0n) is 10.7. The van der Waals surface area contributed by atoms with E-state index in [1.807, 2.05) is 31.2 Å². The summed E-state index contributed by atoms with van der Waals surface area (Å²) in [6.07, 6.45) is 5.26. The van der Waals surface area contributed by atoms with Crippen LogP contribution in [0.2, 0.25) is 0 Å². The van der Waals surface area contributed by atoms with Gasteiger partial charge in [0.1, 0.15) is 5.60 Å². The molecule has 0 unspecified atom stereocenters. The van der Waals surface area contributed by atoms with Crippen LogP contribution in [0.25, 0.3) is 0 Å². The van der Waals surface area contributed by atoms with E-state index in [1.54, 1.807) is 0 Å². The minimum atomic E-state index is -0.237. The van der Waals surface area contributed by atoms with Crippen molar-refractivity contribution < 1.29 is 9.53 Å². The maximum absolute atomic E-state index is 12.1. The second-order valence-electron chi connectivity index (χ2n) is 5.10. The van der Waals surface area contributed by atoms with Crippen LogP contribution in [0.1, 0.15) is 55.5 Å². The summed E-state index contributed by atoms with van der Waals surface area (Å²) in [4.78, 5) is 12.1. The predicted molar refractivity (Wildman–Crippen MR) is 68.1 cm³/mol. The van der Waals surface area contributed by atoms with Gasteiger partial charge >= 0.3 is 5.97 Å². The van der Waals surface area contributed by atoms with Gasteiger partial charge in [-0.15, -0.1) is 0 Å². The molecule has 17 heavy (non-hydrogen) atoms. The Morgan fingerprint density at radius 1 is 1.35 bits per heavy atom. The highest BCUT2D eigenvalue weighted by atomic mass is 16.6. The topological polar surface area (TPSA) is 26.3 Å². The Morgan fingerprint density at radius 2 is 2.06 bits per heavy atom. The molecular formula is C15H20O2. The largest absolute Gasteiger partial charge is 0.456 e. The molecular weight excluding hydrogens is 212 g/mol. The maximum Gasteiger partial charge on any atom is 0.338 e. The summed E-state index contributed by atoms with van der Waals surface area (Å²) in [5.41, 5.74) is 1.62. The molecule has 1 aliphatic rings. The standard InChI is InChI=1S/C15H20O2/c1-3-12-7-6-8-13(11-12)14(16)17-15(2)9-4-5-10-15/h6-8,11H,3-5,9-10H2,1-2H3. The molecule has 0 aromatic heterocycles. The van der Waals surface area contributed by atoms with E-state index in [0.717, 1.165) is 19.3 Å². The van der Waals surface area contributed by atoms with Gasteiger partial charge in [0.25, 0.3) is 0 Å². The zero-order valence-corrected chi connectivity index (χ0v) is 10.7. The monoisotopic (exact) mass is 232 g/mol. The second kappa shape index (κ2) is 4.91. The third-order valence-corrected chi connectivity index (χ3v) is 3.57. The smallest absolute Gasteiger partial charge is 0.338 e. The average Bonchev–Trinajstić information content (AvgIpc) is 2.76. The summed E-state index contributed by atoms with van der Waals surface area (Å²) in [6, 6.07) is 7.72. The number of esters is 1. The van der Waals surface area contributed by atoms with Crippen molar-refractivity contribution in [2.24, 2.45) is 0 Å². The van der Waals surface area contributed by atoms with Crippen molar-refractivity contribution in [1.29, 1.82) is 0 Å². The predicted octanol–water partition coefficient (Wildman–Crippen LogP) is 3.74. The fourth-order valence-corrected chi connectivity index (χ4v) is 2.43. The molecule has 0 amide bonds. The Labute approximate surface area is 103 Å². The molecule has 0 spiro atoms. The fourth-order valence-electron chi connectivity index (χ4n) is 2.43. The molecule has 0 heterocycles. The molecule has 0 bridgehead atoms. The van der Waals surface area contributed by atoms with E-state index in [0.29, 0.717) is 5.56 Å². The second-order valence-corrected chi connectivity index (χ2v) is 5.10. The van der Waals surface area contributed by atoms with Crippen LogP contribution in [0.5, 0.6) is 0 Å². The van der Waals surface area contributed by atoms with E-state index >= 15 is 0 Å². The molecule has 0 atom stereocenters. The van der Waals surface area contributed by atoms with Gasteiger partial charge in [0.05, 0.1) is 5.56 Å². The Kier molecular flexibility index (Phi) is 3.51. The third-order valence-electron chi connectivity index (χ3n) is 3.57. The van der Waals surface area contributed by atoms with Crippen LogP contribution < -0.4 is 0 Å². The lowest BCUT2D eigenvalue weighted by molar-refractivity contribution is -0.00609. The molecule has 92 valence electrons. The Morgan fingerprint density at radius 3 is 2.71 bits per heavy atom. The van der Waals surface area contributed by atoms with E-state index < -0.39 is 0 Å². The van der Waals surface area contributed by atoms with Crippen molar-refractivity contribution in [3.05, 3.63) is 35.4 Å². The number of hydrogen-bond acceptors (Lipinski definition) is 2. The summed E-state index contributed by atoms with van der Waals surface area (Å²) in [5, 5.41) is 0. The van der Waals surface area contributed by atoms with Gasteiger partial charge in [-0.25, -0.2) is 4.79 Å². The summed E-state index contributed by atoms with van der Waals surface area (Å²) < 4.78 is 5.65. The minimum absolute atomic E-state index is 0.176. The first-order chi connectivity index (χ1) is 8.13. The molecule has 2 rings (SSSR count). The van der Waals surface area contributed by atoms with Gasteiger partial charge in [0.15, 0.2) is 0 Å². The first-order valence-corrected chi connectivity index (χ1v) is 6.45. The molecule has 1 aromatic rings. The Balaban J connectivity index is 2.08. The molecule has 0 aliphatic heterocycles. The van der Waals surface area contributed by atoms with Gasteiger partial charge < -0.3 is 4.74 Å². The highest BCUT2D eigenvalue weighted by Crippen LogP contribution is 2.33. The van der Waals surface area contributed by atoms with Crippen molar-refractivity contribution in [3.63, 3.8) is 0 Å². The third kappa shape index (κ3) is 2.87. The van der Waals surface area contributed by atoms with Crippen LogP contribution in [0, 0.1) is 0 Å². The van der Waals surface area contributed by atoms with Crippen molar-refractivity contribution in [3.8, 4) is 0 Å². The van der Waals surface area contributed by atoms with Gasteiger partial charge in [-0.1, -0.05) is 19.1 Å². The number of benzene rings is 1.